The van der Waals surface area contributed by atoms with E-state index in [9.17, 15) is 14.7 Å². The third-order valence-corrected chi connectivity index (χ3v) is 3.05. The van der Waals surface area contributed by atoms with Crippen molar-refractivity contribution in [2.24, 2.45) is 0 Å². The summed E-state index contributed by atoms with van der Waals surface area (Å²) in [5, 5.41) is 12.7. The van der Waals surface area contributed by atoms with Crippen LogP contribution in [-0.4, -0.2) is 34.3 Å². The summed E-state index contributed by atoms with van der Waals surface area (Å²) in [5.41, 5.74) is 0.709. The SMILES string of the molecule is CC(C)(C)OC(=O)NCCC#Cc1c(C(=O)O)[nH]c2ccccc12. The zero-order valence-electron chi connectivity index (χ0n) is 13.9. The van der Waals surface area contributed by atoms with Crippen LogP contribution in [0, 0.1) is 11.8 Å². The summed E-state index contributed by atoms with van der Waals surface area (Å²) in [6.07, 6.45) is -0.111. The molecule has 2 aromatic rings. The largest absolute Gasteiger partial charge is 0.477 e. The monoisotopic (exact) mass is 328 g/mol. The number of H-pyrrole nitrogens is 1. The van der Waals surface area contributed by atoms with Crippen LogP contribution < -0.4 is 5.32 Å². The van der Waals surface area contributed by atoms with E-state index in [1.807, 2.05) is 18.2 Å². The van der Waals surface area contributed by atoms with Crippen molar-refractivity contribution in [2.45, 2.75) is 32.8 Å². The van der Waals surface area contributed by atoms with Gasteiger partial charge < -0.3 is 20.1 Å². The highest BCUT2D eigenvalue weighted by atomic mass is 16.6. The minimum absolute atomic E-state index is 0.0730. The van der Waals surface area contributed by atoms with Gasteiger partial charge in [-0.15, -0.1) is 0 Å². The Hall–Kier alpha value is -2.94. The van der Waals surface area contributed by atoms with Crippen LogP contribution in [0.3, 0.4) is 0 Å². The lowest BCUT2D eigenvalue weighted by Gasteiger charge is -2.19. The Morgan fingerprint density at radius 1 is 1.29 bits per heavy atom. The van der Waals surface area contributed by atoms with Gasteiger partial charge in [-0.1, -0.05) is 30.0 Å². The topological polar surface area (TPSA) is 91.4 Å². The lowest BCUT2D eigenvalue weighted by atomic mass is 10.1. The zero-order chi connectivity index (χ0) is 17.7. The van der Waals surface area contributed by atoms with Crippen molar-refractivity contribution in [2.75, 3.05) is 6.54 Å². The molecule has 0 bridgehead atoms. The number of aromatic nitrogens is 1. The van der Waals surface area contributed by atoms with Crippen LogP contribution in [0.2, 0.25) is 0 Å². The summed E-state index contributed by atoms with van der Waals surface area (Å²) in [5.74, 6) is 4.72. The molecule has 0 aliphatic carbocycles. The fourth-order valence-corrected chi connectivity index (χ4v) is 2.12. The molecule has 0 saturated carbocycles. The Bertz CT molecular complexity index is 819. The molecule has 6 nitrogen and oxygen atoms in total. The zero-order valence-corrected chi connectivity index (χ0v) is 13.9. The van der Waals surface area contributed by atoms with Crippen molar-refractivity contribution in [1.29, 1.82) is 0 Å². The van der Waals surface area contributed by atoms with Crippen molar-refractivity contribution >= 4 is 23.0 Å². The standard InChI is InChI=1S/C18H20N2O4/c1-18(2,3)24-17(23)19-11-7-6-9-13-12-8-4-5-10-14(12)20-15(13)16(21)22/h4-5,8,10,20H,7,11H2,1-3H3,(H,19,23)(H,21,22). The van der Waals surface area contributed by atoms with Gasteiger partial charge in [-0.05, 0) is 26.8 Å². The average molecular weight is 328 g/mol. The quantitative estimate of drug-likeness (QED) is 0.596. The van der Waals surface area contributed by atoms with Gasteiger partial charge in [0.1, 0.15) is 11.3 Å². The first-order valence-electron chi connectivity index (χ1n) is 7.57. The fourth-order valence-electron chi connectivity index (χ4n) is 2.12. The highest BCUT2D eigenvalue weighted by Gasteiger charge is 2.16. The molecule has 0 unspecified atom stereocenters. The maximum absolute atomic E-state index is 11.5. The number of ether oxygens (including phenoxy) is 1. The number of carboxylic acid groups (broad SMARTS) is 1. The maximum Gasteiger partial charge on any atom is 0.407 e. The van der Waals surface area contributed by atoms with E-state index >= 15 is 0 Å². The maximum atomic E-state index is 11.5. The van der Waals surface area contributed by atoms with Gasteiger partial charge in [-0.25, -0.2) is 9.59 Å². The molecule has 1 amide bonds. The molecule has 0 fully saturated rings. The molecule has 2 rings (SSSR count). The molecule has 0 atom stereocenters. The Labute approximate surface area is 140 Å². The second-order valence-corrected chi connectivity index (χ2v) is 6.21. The number of carboxylic acids is 1. The van der Waals surface area contributed by atoms with E-state index in [1.165, 1.54) is 0 Å². The number of alkyl carbamates (subject to hydrolysis) is 1. The summed E-state index contributed by atoms with van der Waals surface area (Å²) >= 11 is 0. The van der Waals surface area contributed by atoms with Crippen molar-refractivity contribution in [3.63, 3.8) is 0 Å². The molecule has 6 heteroatoms. The summed E-state index contributed by atoms with van der Waals surface area (Å²) in [4.78, 5) is 25.7. The van der Waals surface area contributed by atoms with E-state index in [0.29, 0.717) is 18.5 Å². The first-order valence-corrected chi connectivity index (χ1v) is 7.57. The second kappa shape index (κ2) is 7.09. The van der Waals surface area contributed by atoms with Crippen LogP contribution >= 0.6 is 0 Å². The lowest BCUT2D eigenvalue weighted by molar-refractivity contribution is 0.0528. The van der Waals surface area contributed by atoms with E-state index in [-0.39, 0.29) is 5.69 Å². The third-order valence-electron chi connectivity index (χ3n) is 3.05. The Morgan fingerprint density at radius 3 is 2.67 bits per heavy atom. The summed E-state index contributed by atoms with van der Waals surface area (Å²) in [7, 11) is 0. The number of rotatable bonds is 3. The van der Waals surface area contributed by atoms with Crippen LogP contribution in [0.1, 0.15) is 43.2 Å². The Kier molecular flexibility index (Phi) is 5.14. The van der Waals surface area contributed by atoms with Crippen LogP contribution in [0.5, 0.6) is 0 Å². The number of fused-ring (bicyclic) bond motifs is 1. The number of benzene rings is 1. The number of para-hydroxylation sites is 1. The molecule has 0 aliphatic heterocycles. The number of carbonyl (C=O) groups excluding carboxylic acids is 1. The van der Waals surface area contributed by atoms with Crippen molar-refractivity contribution in [3.05, 3.63) is 35.5 Å². The number of hydrogen-bond donors (Lipinski definition) is 3. The number of nitrogens with one attached hydrogen (secondary N) is 2. The van der Waals surface area contributed by atoms with E-state index in [1.54, 1.807) is 26.8 Å². The van der Waals surface area contributed by atoms with Crippen LogP contribution in [0.15, 0.2) is 24.3 Å². The number of amides is 1. The molecule has 0 spiro atoms. The number of aromatic carboxylic acids is 1. The first-order chi connectivity index (χ1) is 11.3. The molecule has 0 aliphatic rings. The van der Waals surface area contributed by atoms with Crippen molar-refractivity contribution in [3.8, 4) is 11.8 Å². The molecule has 3 N–H and O–H groups in total. The number of aromatic amines is 1. The molecule has 1 aromatic carbocycles. The van der Waals surface area contributed by atoms with Crippen molar-refractivity contribution in [1.82, 2.24) is 10.3 Å². The highest BCUT2D eigenvalue weighted by molar-refractivity contribution is 5.99. The van der Waals surface area contributed by atoms with E-state index in [2.05, 4.69) is 22.1 Å². The smallest absolute Gasteiger partial charge is 0.407 e. The molecular formula is C18H20N2O4. The van der Waals surface area contributed by atoms with E-state index < -0.39 is 17.7 Å². The van der Waals surface area contributed by atoms with E-state index in [0.717, 1.165) is 10.9 Å². The van der Waals surface area contributed by atoms with Gasteiger partial charge in [0.15, 0.2) is 0 Å². The predicted molar refractivity (Wildman–Crippen MR) is 91.0 cm³/mol. The normalized spacial score (nSPS) is 10.8. The van der Waals surface area contributed by atoms with Crippen LogP contribution in [-0.2, 0) is 4.74 Å². The van der Waals surface area contributed by atoms with E-state index in [4.69, 9.17) is 4.74 Å². The summed E-state index contributed by atoms with van der Waals surface area (Å²) in [6, 6.07) is 7.28. The minimum atomic E-state index is -1.05. The molecular weight excluding hydrogens is 308 g/mol. The van der Waals surface area contributed by atoms with Gasteiger partial charge in [0, 0.05) is 23.9 Å². The number of carbonyl (C=O) groups is 2. The molecule has 1 aromatic heterocycles. The summed E-state index contributed by atoms with van der Waals surface area (Å²) < 4.78 is 5.12. The minimum Gasteiger partial charge on any atom is -0.477 e. The summed E-state index contributed by atoms with van der Waals surface area (Å²) in [6.45, 7) is 5.69. The van der Waals surface area contributed by atoms with Gasteiger partial charge in [0.2, 0.25) is 0 Å². The van der Waals surface area contributed by atoms with Crippen molar-refractivity contribution < 1.29 is 19.4 Å². The second-order valence-electron chi connectivity index (χ2n) is 6.21. The van der Waals surface area contributed by atoms with Gasteiger partial charge in [0.05, 0.1) is 5.56 Å². The predicted octanol–water partition coefficient (Wildman–Crippen LogP) is 3.13. The Morgan fingerprint density at radius 2 is 2.00 bits per heavy atom. The van der Waals surface area contributed by atoms with Gasteiger partial charge in [0.25, 0.3) is 0 Å². The molecule has 1 heterocycles. The van der Waals surface area contributed by atoms with Gasteiger partial charge in [-0.2, -0.15) is 0 Å². The lowest BCUT2D eigenvalue weighted by Crippen LogP contribution is -2.32. The molecule has 0 saturated heterocycles. The fraction of sp³-hybridized carbons (Fsp3) is 0.333. The van der Waals surface area contributed by atoms with Crippen LogP contribution in [0.4, 0.5) is 4.79 Å². The average Bonchev–Trinajstić information content (AvgIpc) is 2.84. The highest BCUT2D eigenvalue weighted by Crippen LogP contribution is 2.21. The number of hydrogen-bond acceptors (Lipinski definition) is 3. The van der Waals surface area contributed by atoms with Gasteiger partial charge in [-0.3, -0.25) is 0 Å². The Balaban J connectivity index is 2.04. The first kappa shape index (κ1) is 17.4. The molecule has 126 valence electrons. The molecule has 0 radical (unpaired) electrons. The molecule has 24 heavy (non-hydrogen) atoms. The third kappa shape index (κ3) is 4.53. The van der Waals surface area contributed by atoms with Crippen LogP contribution in [0.25, 0.3) is 10.9 Å². The van der Waals surface area contributed by atoms with Gasteiger partial charge >= 0.3 is 12.1 Å².